The molecule has 1 atom stereocenters. The maximum Gasteiger partial charge on any atom is 0.328 e. The van der Waals surface area contributed by atoms with Crippen LogP contribution in [0.15, 0.2) is 61.3 Å². The van der Waals surface area contributed by atoms with E-state index >= 15 is 0 Å². The Morgan fingerprint density at radius 2 is 1.82 bits per heavy atom. The van der Waals surface area contributed by atoms with E-state index in [1.807, 2.05) is 18.3 Å². The number of ether oxygens (including phenoxy) is 2. The summed E-state index contributed by atoms with van der Waals surface area (Å²) in [4.78, 5) is 33.6. The number of benzene rings is 2. The van der Waals surface area contributed by atoms with Gasteiger partial charge in [0.15, 0.2) is 5.69 Å². The van der Waals surface area contributed by atoms with Crippen LogP contribution >= 0.6 is 0 Å². The van der Waals surface area contributed by atoms with E-state index in [0.29, 0.717) is 12.1 Å². The van der Waals surface area contributed by atoms with E-state index in [-0.39, 0.29) is 17.9 Å². The number of piperazine rings is 1. The topological polar surface area (TPSA) is 109 Å². The largest absolute Gasteiger partial charge is 0.467 e. The number of anilines is 3. The molecule has 1 aromatic heterocycles. The lowest BCUT2D eigenvalue weighted by atomic mass is 10.1. The Morgan fingerprint density at radius 3 is 2.49 bits per heavy atom. The lowest BCUT2D eigenvalue weighted by Crippen LogP contribution is -2.43. The summed E-state index contributed by atoms with van der Waals surface area (Å²) in [5.41, 5.74) is 3.37. The van der Waals surface area contributed by atoms with Gasteiger partial charge in [0.2, 0.25) is 11.9 Å². The normalized spacial score (nSPS) is 14.1. The predicted molar refractivity (Wildman–Crippen MR) is 149 cm³/mol. The molecular weight excluding hydrogens is 496 g/mol. The van der Waals surface area contributed by atoms with E-state index in [0.717, 1.165) is 44.0 Å². The molecule has 0 radical (unpaired) electrons. The van der Waals surface area contributed by atoms with E-state index < -0.39 is 12.0 Å². The van der Waals surface area contributed by atoms with Crippen LogP contribution in [-0.2, 0) is 22.5 Å². The number of rotatable bonds is 11. The van der Waals surface area contributed by atoms with Gasteiger partial charge in [0, 0.05) is 44.8 Å². The Bertz CT molecular complexity index is 1320. The second kappa shape index (κ2) is 13.2. The van der Waals surface area contributed by atoms with Gasteiger partial charge in [-0.15, -0.1) is 0 Å². The highest BCUT2D eigenvalue weighted by molar-refractivity contribution is 5.79. The fraction of sp³-hybridized carbons (Fsp3) is 0.321. The van der Waals surface area contributed by atoms with Gasteiger partial charge in [-0.1, -0.05) is 43.0 Å². The number of methoxy groups -OCH3 is 2. The first-order chi connectivity index (χ1) is 19.0. The molecule has 0 unspecified atom stereocenters. The molecule has 0 spiro atoms. The Kier molecular flexibility index (Phi) is 9.26. The van der Waals surface area contributed by atoms with Crippen molar-refractivity contribution in [3.63, 3.8) is 0 Å². The van der Waals surface area contributed by atoms with Crippen LogP contribution in [0.3, 0.4) is 0 Å². The first kappa shape index (κ1) is 27.3. The van der Waals surface area contributed by atoms with Crippen molar-refractivity contribution >= 4 is 29.2 Å². The van der Waals surface area contributed by atoms with E-state index in [2.05, 4.69) is 58.9 Å². The third-order valence-corrected chi connectivity index (χ3v) is 6.35. The molecule has 4 rings (SSSR count). The van der Waals surface area contributed by atoms with Gasteiger partial charge in [-0.2, -0.15) is 15.0 Å². The van der Waals surface area contributed by atoms with Crippen LogP contribution in [0.25, 0.3) is 4.85 Å². The van der Waals surface area contributed by atoms with Crippen molar-refractivity contribution in [2.45, 2.75) is 19.0 Å². The molecular formula is C28H32N8O3. The molecule has 1 aliphatic heterocycles. The Morgan fingerprint density at radius 1 is 1.08 bits per heavy atom. The molecule has 0 saturated carbocycles. The van der Waals surface area contributed by atoms with Crippen molar-refractivity contribution < 1.29 is 14.3 Å². The third-order valence-electron chi connectivity index (χ3n) is 6.35. The maximum absolute atomic E-state index is 12.5. The van der Waals surface area contributed by atoms with Gasteiger partial charge in [-0.25, -0.2) is 9.64 Å². The SMILES string of the molecule is [C-]#[N+]c1ccc(C[C@H](Nc2nc(Nc3cccc(CN4CCN(C=C)CC4)c3)nc(OC)n2)C(=O)OC)cc1. The summed E-state index contributed by atoms with van der Waals surface area (Å²) in [7, 11) is 2.79. The first-order valence-electron chi connectivity index (χ1n) is 12.6. The molecule has 1 saturated heterocycles. The first-order valence-corrected chi connectivity index (χ1v) is 12.6. The van der Waals surface area contributed by atoms with Gasteiger partial charge >= 0.3 is 12.0 Å². The van der Waals surface area contributed by atoms with E-state index in [9.17, 15) is 4.79 Å². The van der Waals surface area contributed by atoms with Crippen LogP contribution in [0, 0.1) is 6.57 Å². The average Bonchev–Trinajstić information content (AvgIpc) is 2.97. The van der Waals surface area contributed by atoms with Gasteiger partial charge in [-0.3, -0.25) is 4.90 Å². The van der Waals surface area contributed by atoms with Crippen LogP contribution in [0.4, 0.5) is 23.3 Å². The van der Waals surface area contributed by atoms with Crippen molar-refractivity contribution in [3.8, 4) is 6.01 Å². The van der Waals surface area contributed by atoms with E-state index in [4.69, 9.17) is 16.0 Å². The number of nitrogens with zero attached hydrogens (tertiary/aromatic N) is 6. The molecule has 3 aromatic rings. The van der Waals surface area contributed by atoms with Crippen LogP contribution in [0.2, 0.25) is 0 Å². The summed E-state index contributed by atoms with van der Waals surface area (Å²) in [6.45, 7) is 15.7. The molecule has 1 fully saturated rings. The zero-order chi connectivity index (χ0) is 27.6. The Labute approximate surface area is 228 Å². The van der Waals surface area contributed by atoms with Crippen molar-refractivity contribution in [2.24, 2.45) is 0 Å². The summed E-state index contributed by atoms with van der Waals surface area (Å²) in [6.07, 6.45) is 2.21. The molecule has 0 amide bonds. The zero-order valence-electron chi connectivity index (χ0n) is 22.1. The zero-order valence-corrected chi connectivity index (χ0v) is 22.1. The second-order valence-electron chi connectivity index (χ2n) is 8.99. The summed E-state index contributed by atoms with van der Waals surface area (Å²) in [5, 5.41) is 6.27. The lowest BCUT2D eigenvalue weighted by Gasteiger charge is -2.33. The highest BCUT2D eigenvalue weighted by Gasteiger charge is 2.22. The molecule has 202 valence electrons. The van der Waals surface area contributed by atoms with Gasteiger partial charge in [0.1, 0.15) is 6.04 Å². The highest BCUT2D eigenvalue weighted by Crippen LogP contribution is 2.21. The van der Waals surface area contributed by atoms with Crippen LogP contribution in [0.1, 0.15) is 11.1 Å². The minimum Gasteiger partial charge on any atom is -0.467 e. The average molecular weight is 529 g/mol. The summed E-state index contributed by atoms with van der Waals surface area (Å²) in [6, 6.07) is 14.4. The monoisotopic (exact) mass is 528 g/mol. The van der Waals surface area contributed by atoms with Crippen molar-refractivity contribution in [1.29, 1.82) is 0 Å². The molecule has 1 aliphatic rings. The highest BCUT2D eigenvalue weighted by atomic mass is 16.5. The minimum atomic E-state index is -0.765. The molecule has 2 N–H and O–H groups in total. The Hall–Kier alpha value is -4.69. The minimum absolute atomic E-state index is 0.0938. The van der Waals surface area contributed by atoms with Gasteiger partial charge in [0.05, 0.1) is 20.8 Å². The van der Waals surface area contributed by atoms with Crippen LogP contribution < -0.4 is 15.4 Å². The van der Waals surface area contributed by atoms with Gasteiger partial charge in [0.25, 0.3) is 0 Å². The molecule has 11 heteroatoms. The second-order valence-corrected chi connectivity index (χ2v) is 8.99. The standard InChI is InChI=1S/C28H32N8O3/c1-5-35-13-15-36(16-14-35)19-21-7-6-8-23(17-21)30-26-32-27(34-28(33-26)39-4)31-24(25(37)38-3)18-20-9-11-22(29-2)12-10-20/h5-12,17,24H,1,13-16,18-19H2,3-4H3,(H2,30,31,32,33,34)/t24-/m0/s1. The van der Waals surface area contributed by atoms with Crippen molar-refractivity contribution in [2.75, 3.05) is 51.0 Å². The summed E-state index contributed by atoms with van der Waals surface area (Å²) < 4.78 is 10.3. The summed E-state index contributed by atoms with van der Waals surface area (Å²) >= 11 is 0. The molecule has 0 aliphatic carbocycles. The van der Waals surface area contributed by atoms with Crippen LogP contribution in [-0.4, -0.2) is 77.2 Å². The third kappa shape index (κ3) is 7.66. The number of hydrogen-bond donors (Lipinski definition) is 2. The van der Waals surface area contributed by atoms with Crippen molar-refractivity contribution in [1.82, 2.24) is 24.8 Å². The smallest absolute Gasteiger partial charge is 0.328 e. The quantitative estimate of drug-likeness (QED) is 0.283. The lowest BCUT2D eigenvalue weighted by molar-refractivity contribution is -0.141. The number of aromatic nitrogens is 3. The van der Waals surface area contributed by atoms with Crippen LogP contribution in [0.5, 0.6) is 6.01 Å². The number of hydrogen-bond acceptors (Lipinski definition) is 10. The number of carbonyl (C=O) groups is 1. The molecule has 2 heterocycles. The number of nitrogens with one attached hydrogen (secondary N) is 2. The fourth-order valence-corrected chi connectivity index (χ4v) is 4.24. The molecule has 11 nitrogen and oxygen atoms in total. The van der Waals surface area contributed by atoms with E-state index in [1.54, 1.807) is 24.3 Å². The fourth-order valence-electron chi connectivity index (χ4n) is 4.24. The number of carbonyl (C=O) groups excluding carboxylic acids is 1. The Balaban J connectivity index is 1.47. The molecule has 39 heavy (non-hydrogen) atoms. The predicted octanol–water partition coefficient (Wildman–Crippen LogP) is 3.63. The maximum atomic E-state index is 12.5. The van der Waals surface area contributed by atoms with Gasteiger partial charge < -0.3 is 25.0 Å². The van der Waals surface area contributed by atoms with E-state index in [1.165, 1.54) is 19.8 Å². The number of esters is 1. The van der Waals surface area contributed by atoms with Crippen molar-refractivity contribution in [3.05, 3.63) is 83.9 Å². The summed E-state index contributed by atoms with van der Waals surface area (Å²) in [5.74, 6) is -0.0420. The van der Waals surface area contributed by atoms with Gasteiger partial charge in [-0.05, 0) is 29.5 Å². The molecule has 0 bridgehead atoms. The molecule has 2 aromatic carbocycles.